The van der Waals surface area contributed by atoms with E-state index in [-0.39, 0.29) is 11.7 Å². The summed E-state index contributed by atoms with van der Waals surface area (Å²) < 4.78 is 2.03. The molecule has 2 heterocycles. The van der Waals surface area contributed by atoms with E-state index in [1.165, 1.54) is 11.8 Å². The Morgan fingerprint density at radius 1 is 1.15 bits per heavy atom. The van der Waals surface area contributed by atoms with Gasteiger partial charge in [-0.1, -0.05) is 43.0 Å². The average Bonchev–Trinajstić information content (AvgIpc) is 3.11. The monoisotopic (exact) mass is 377 g/mol. The number of nitrogens with one attached hydrogen (secondary N) is 1. The normalized spacial score (nSPS) is 11.2. The van der Waals surface area contributed by atoms with E-state index in [2.05, 4.69) is 15.5 Å². The average molecular weight is 377 g/mol. The van der Waals surface area contributed by atoms with Crippen LogP contribution in [0.5, 0.6) is 0 Å². The molecule has 2 aromatic carbocycles. The third-order valence-electron chi connectivity index (χ3n) is 4.22. The lowest BCUT2D eigenvalue weighted by Crippen LogP contribution is -2.14. The van der Waals surface area contributed by atoms with E-state index in [1.807, 2.05) is 66.8 Å². The standard InChI is InChI=1S/C20H19N5OS/c1-3-17-23-24-19-20(22-15-9-4-5-10-16(15)25(17)19)27-12-18(26)21-14-8-6-7-13(2)11-14/h4-11H,3,12H2,1-2H3,(H,21,26). The molecule has 4 aromatic rings. The smallest absolute Gasteiger partial charge is 0.234 e. The fourth-order valence-corrected chi connectivity index (χ4v) is 3.76. The maximum Gasteiger partial charge on any atom is 0.234 e. The Morgan fingerprint density at radius 2 is 2.00 bits per heavy atom. The van der Waals surface area contributed by atoms with Crippen molar-refractivity contribution < 1.29 is 4.79 Å². The zero-order chi connectivity index (χ0) is 18.8. The van der Waals surface area contributed by atoms with Gasteiger partial charge in [0, 0.05) is 12.1 Å². The minimum Gasteiger partial charge on any atom is -0.325 e. The number of para-hydroxylation sites is 2. The van der Waals surface area contributed by atoms with Gasteiger partial charge in [0.2, 0.25) is 5.91 Å². The number of hydrogen-bond acceptors (Lipinski definition) is 5. The number of aromatic nitrogens is 4. The molecule has 2 aromatic heterocycles. The first-order chi connectivity index (χ1) is 13.2. The molecule has 0 radical (unpaired) electrons. The van der Waals surface area contributed by atoms with Gasteiger partial charge in [-0.3, -0.25) is 9.20 Å². The summed E-state index contributed by atoms with van der Waals surface area (Å²) in [6, 6.07) is 15.7. The third-order valence-corrected chi connectivity index (χ3v) is 5.18. The van der Waals surface area contributed by atoms with Crippen molar-refractivity contribution in [1.82, 2.24) is 19.6 Å². The van der Waals surface area contributed by atoms with Gasteiger partial charge in [-0.05, 0) is 36.8 Å². The van der Waals surface area contributed by atoms with Crippen LogP contribution in [0.15, 0.2) is 53.6 Å². The zero-order valence-electron chi connectivity index (χ0n) is 15.1. The Kier molecular flexibility index (Phi) is 4.77. The number of carbonyl (C=O) groups is 1. The van der Waals surface area contributed by atoms with Crippen LogP contribution in [-0.4, -0.2) is 31.2 Å². The molecule has 7 heteroatoms. The lowest BCUT2D eigenvalue weighted by molar-refractivity contribution is -0.113. The van der Waals surface area contributed by atoms with Crippen LogP contribution < -0.4 is 5.32 Å². The number of aryl methyl sites for hydroxylation is 2. The molecule has 0 saturated heterocycles. The van der Waals surface area contributed by atoms with Gasteiger partial charge in [-0.2, -0.15) is 0 Å². The summed E-state index contributed by atoms with van der Waals surface area (Å²) in [5.74, 6) is 1.06. The first-order valence-electron chi connectivity index (χ1n) is 8.78. The number of thioether (sulfide) groups is 1. The molecule has 0 aliphatic rings. The van der Waals surface area contributed by atoms with Crippen molar-refractivity contribution in [2.24, 2.45) is 0 Å². The van der Waals surface area contributed by atoms with Gasteiger partial charge < -0.3 is 5.32 Å². The summed E-state index contributed by atoms with van der Waals surface area (Å²) >= 11 is 1.37. The molecule has 0 spiro atoms. The highest BCUT2D eigenvalue weighted by molar-refractivity contribution is 8.00. The fraction of sp³-hybridized carbons (Fsp3) is 0.200. The van der Waals surface area contributed by atoms with Crippen LogP contribution >= 0.6 is 11.8 Å². The Labute approximate surface area is 161 Å². The van der Waals surface area contributed by atoms with Crippen molar-refractivity contribution in [3.8, 4) is 0 Å². The number of hydrogen-bond donors (Lipinski definition) is 1. The van der Waals surface area contributed by atoms with Gasteiger partial charge in [-0.25, -0.2) is 4.98 Å². The van der Waals surface area contributed by atoms with E-state index in [9.17, 15) is 4.79 Å². The molecule has 0 fully saturated rings. The summed E-state index contributed by atoms with van der Waals surface area (Å²) in [6.45, 7) is 4.05. The predicted octanol–water partition coefficient (Wildman–Crippen LogP) is 3.88. The molecule has 0 saturated carbocycles. The number of nitrogens with zero attached hydrogens (tertiary/aromatic N) is 4. The number of amides is 1. The van der Waals surface area contributed by atoms with Gasteiger partial charge in [0.05, 0.1) is 16.8 Å². The summed E-state index contributed by atoms with van der Waals surface area (Å²) in [7, 11) is 0. The number of fused-ring (bicyclic) bond motifs is 3. The van der Waals surface area contributed by atoms with Crippen molar-refractivity contribution in [1.29, 1.82) is 0 Å². The molecule has 1 amide bonds. The molecular formula is C20H19N5OS. The third kappa shape index (κ3) is 3.50. The molecule has 1 N–H and O–H groups in total. The van der Waals surface area contributed by atoms with Crippen LogP contribution in [-0.2, 0) is 11.2 Å². The largest absolute Gasteiger partial charge is 0.325 e. The minimum atomic E-state index is -0.0751. The highest BCUT2D eigenvalue weighted by Gasteiger charge is 2.15. The van der Waals surface area contributed by atoms with Crippen molar-refractivity contribution >= 4 is 40.0 Å². The molecule has 0 atom stereocenters. The predicted molar refractivity (Wildman–Crippen MR) is 108 cm³/mol. The van der Waals surface area contributed by atoms with E-state index in [0.717, 1.165) is 34.5 Å². The molecule has 0 bridgehead atoms. The molecule has 6 nitrogen and oxygen atoms in total. The SMILES string of the molecule is CCc1nnc2c(SCC(=O)Nc3cccc(C)c3)nc3ccccc3n12. The van der Waals surface area contributed by atoms with Gasteiger partial charge in [-0.15, -0.1) is 10.2 Å². The van der Waals surface area contributed by atoms with Crippen LogP contribution in [0, 0.1) is 6.92 Å². The maximum atomic E-state index is 12.4. The molecule has 0 unspecified atom stereocenters. The number of benzene rings is 2. The van der Waals surface area contributed by atoms with E-state index in [0.29, 0.717) is 10.7 Å². The Bertz CT molecular complexity index is 1140. The topological polar surface area (TPSA) is 72.2 Å². The quantitative estimate of drug-likeness (QED) is 0.535. The van der Waals surface area contributed by atoms with E-state index in [1.54, 1.807) is 0 Å². The lowest BCUT2D eigenvalue weighted by Gasteiger charge is -2.08. The Balaban J connectivity index is 1.61. The van der Waals surface area contributed by atoms with Gasteiger partial charge in [0.25, 0.3) is 0 Å². The van der Waals surface area contributed by atoms with Crippen molar-refractivity contribution in [2.45, 2.75) is 25.3 Å². The van der Waals surface area contributed by atoms with Crippen molar-refractivity contribution in [3.63, 3.8) is 0 Å². The first-order valence-corrected chi connectivity index (χ1v) is 9.76. The van der Waals surface area contributed by atoms with Crippen molar-refractivity contribution in [2.75, 3.05) is 11.1 Å². The highest BCUT2D eigenvalue weighted by atomic mass is 32.2. The summed E-state index contributed by atoms with van der Waals surface area (Å²) in [5, 5.41) is 12.2. The molecule has 0 aliphatic carbocycles. The minimum absolute atomic E-state index is 0.0751. The Hall–Kier alpha value is -2.93. The first kappa shape index (κ1) is 17.5. The van der Waals surface area contributed by atoms with Crippen LogP contribution in [0.25, 0.3) is 16.7 Å². The second-order valence-electron chi connectivity index (χ2n) is 6.24. The summed E-state index contributed by atoms with van der Waals surface area (Å²) in [6.07, 6.45) is 0.771. The number of rotatable bonds is 5. The van der Waals surface area contributed by atoms with Crippen LogP contribution in [0.3, 0.4) is 0 Å². The number of anilines is 1. The van der Waals surface area contributed by atoms with E-state index >= 15 is 0 Å². The van der Waals surface area contributed by atoms with E-state index < -0.39 is 0 Å². The van der Waals surface area contributed by atoms with Crippen LogP contribution in [0.1, 0.15) is 18.3 Å². The Morgan fingerprint density at radius 3 is 2.81 bits per heavy atom. The molecule has 4 rings (SSSR count). The molecule has 136 valence electrons. The second-order valence-corrected chi connectivity index (χ2v) is 7.20. The lowest BCUT2D eigenvalue weighted by atomic mass is 10.2. The fourth-order valence-electron chi connectivity index (χ4n) is 2.99. The van der Waals surface area contributed by atoms with Crippen LogP contribution in [0.4, 0.5) is 5.69 Å². The molecule has 27 heavy (non-hydrogen) atoms. The summed E-state index contributed by atoms with van der Waals surface area (Å²) in [4.78, 5) is 17.1. The zero-order valence-corrected chi connectivity index (χ0v) is 16.0. The van der Waals surface area contributed by atoms with Crippen molar-refractivity contribution in [3.05, 3.63) is 59.9 Å². The van der Waals surface area contributed by atoms with Crippen LogP contribution in [0.2, 0.25) is 0 Å². The molecular weight excluding hydrogens is 358 g/mol. The van der Waals surface area contributed by atoms with Gasteiger partial charge >= 0.3 is 0 Å². The van der Waals surface area contributed by atoms with E-state index in [4.69, 9.17) is 4.98 Å². The second kappa shape index (κ2) is 7.36. The van der Waals surface area contributed by atoms with Gasteiger partial charge in [0.1, 0.15) is 10.9 Å². The highest BCUT2D eigenvalue weighted by Crippen LogP contribution is 2.26. The maximum absolute atomic E-state index is 12.4. The summed E-state index contributed by atoms with van der Waals surface area (Å²) in [5.41, 5.74) is 4.43. The van der Waals surface area contributed by atoms with Gasteiger partial charge in [0.15, 0.2) is 5.65 Å². The number of carbonyl (C=O) groups excluding carboxylic acids is 1. The molecule has 0 aliphatic heterocycles.